The molecule has 2 heterocycles. The average molecular weight is 366 g/mol. The Labute approximate surface area is 157 Å². The Morgan fingerprint density at radius 3 is 3.12 bits per heavy atom. The van der Waals surface area contributed by atoms with Crippen LogP contribution in [-0.2, 0) is 0 Å². The smallest absolute Gasteiger partial charge is 0.254 e. The van der Waals surface area contributed by atoms with Crippen LogP contribution in [0.4, 0.5) is 5.13 Å². The molecule has 134 valence electrons. The maximum atomic E-state index is 13.2. The number of nitrogen functional groups attached to an aromatic ring is 1. The van der Waals surface area contributed by atoms with Crippen LogP contribution in [-0.4, -0.2) is 28.4 Å². The van der Waals surface area contributed by atoms with Crippen LogP contribution in [0.5, 0.6) is 0 Å². The summed E-state index contributed by atoms with van der Waals surface area (Å²) in [5.41, 5.74) is 10.2. The van der Waals surface area contributed by atoms with Crippen molar-refractivity contribution < 1.29 is 4.79 Å². The van der Waals surface area contributed by atoms with E-state index in [2.05, 4.69) is 29.5 Å². The van der Waals surface area contributed by atoms with Gasteiger partial charge >= 0.3 is 0 Å². The van der Waals surface area contributed by atoms with Crippen LogP contribution < -0.4 is 5.73 Å². The lowest BCUT2D eigenvalue weighted by Gasteiger charge is -2.38. The first-order chi connectivity index (χ1) is 12.6. The number of nitrogens with zero attached hydrogens (tertiary/aromatic N) is 2. The maximum absolute atomic E-state index is 13.2. The molecular formula is C21H23N3OS. The molecule has 1 aromatic carbocycles. The van der Waals surface area contributed by atoms with Gasteiger partial charge in [0.05, 0.1) is 10.2 Å². The van der Waals surface area contributed by atoms with Crippen LogP contribution in [0, 0.1) is 5.92 Å². The normalized spacial score (nSPS) is 23.0. The van der Waals surface area contributed by atoms with E-state index >= 15 is 0 Å². The molecule has 4 rings (SSSR count). The van der Waals surface area contributed by atoms with Gasteiger partial charge in [0, 0.05) is 24.1 Å². The van der Waals surface area contributed by atoms with E-state index in [1.165, 1.54) is 22.5 Å². The summed E-state index contributed by atoms with van der Waals surface area (Å²) in [6.45, 7) is 6.79. The third-order valence-corrected chi connectivity index (χ3v) is 6.36. The third-order valence-electron chi connectivity index (χ3n) is 5.51. The number of allylic oxidation sites excluding steroid dienone is 3. The number of hydrogen-bond acceptors (Lipinski definition) is 4. The molecule has 0 spiro atoms. The number of aromatic nitrogens is 1. The van der Waals surface area contributed by atoms with E-state index in [0.29, 0.717) is 11.0 Å². The Morgan fingerprint density at radius 1 is 1.46 bits per heavy atom. The molecule has 1 aliphatic carbocycles. The molecule has 1 aromatic heterocycles. The first-order valence-corrected chi connectivity index (χ1v) is 9.86. The highest BCUT2D eigenvalue weighted by molar-refractivity contribution is 7.22. The van der Waals surface area contributed by atoms with Crippen LogP contribution in [0.25, 0.3) is 10.2 Å². The van der Waals surface area contributed by atoms with Crippen LogP contribution in [0.1, 0.15) is 36.5 Å². The molecule has 2 N–H and O–H groups in total. The average Bonchev–Trinajstić information content (AvgIpc) is 3.16. The molecule has 2 aliphatic rings. The van der Waals surface area contributed by atoms with E-state index in [1.54, 1.807) is 0 Å². The number of nitrogens with two attached hydrogens (primary N) is 1. The lowest BCUT2D eigenvalue weighted by molar-refractivity contribution is 0.0564. The van der Waals surface area contributed by atoms with Crippen LogP contribution >= 0.6 is 11.3 Å². The molecule has 2 aromatic rings. The molecule has 0 saturated carbocycles. The lowest BCUT2D eigenvalue weighted by atomic mass is 9.87. The third kappa shape index (κ3) is 2.86. The highest BCUT2D eigenvalue weighted by Gasteiger charge is 2.40. The van der Waals surface area contributed by atoms with Gasteiger partial charge in [-0.05, 0) is 50.0 Å². The van der Waals surface area contributed by atoms with Gasteiger partial charge in [-0.25, -0.2) is 4.98 Å². The number of carbonyl (C=O) groups excluding carboxylic acids is 1. The Morgan fingerprint density at radius 2 is 2.31 bits per heavy atom. The highest BCUT2D eigenvalue weighted by atomic mass is 32.1. The molecule has 26 heavy (non-hydrogen) atoms. The molecular weight excluding hydrogens is 342 g/mol. The number of likely N-dealkylation sites (tertiary alicyclic amines) is 1. The predicted octanol–water partition coefficient (Wildman–Crippen LogP) is 4.56. The van der Waals surface area contributed by atoms with E-state index in [0.717, 1.165) is 41.6 Å². The van der Waals surface area contributed by atoms with Crippen molar-refractivity contribution >= 4 is 32.6 Å². The number of thiazole rings is 1. The number of piperidine rings is 1. The van der Waals surface area contributed by atoms with E-state index in [-0.39, 0.29) is 11.9 Å². The summed E-state index contributed by atoms with van der Waals surface area (Å²) in [6.07, 6.45) is 9.14. The van der Waals surface area contributed by atoms with E-state index in [1.807, 2.05) is 30.4 Å². The molecule has 0 bridgehead atoms. The minimum atomic E-state index is 0.121. The van der Waals surface area contributed by atoms with Gasteiger partial charge in [-0.3, -0.25) is 4.79 Å². The van der Waals surface area contributed by atoms with Crippen molar-refractivity contribution in [1.82, 2.24) is 9.88 Å². The van der Waals surface area contributed by atoms with Gasteiger partial charge in [-0.15, -0.1) is 0 Å². The number of rotatable bonds is 3. The molecule has 4 nitrogen and oxygen atoms in total. The Hall–Kier alpha value is -2.40. The number of benzene rings is 1. The number of amides is 1. The van der Waals surface area contributed by atoms with E-state index in [9.17, 15) is 4.79 Å². The van der Waals surface area contributed by atoms with Crippen molar-refractivity contribution in [2.75, 3.05) is 12.3 Å². The largest absolute Gasteiger partial charge is 0.375 e. The van der Waals surface area contributed by atoms with E-state index in [4.69, 9.17) is 5.73 Å². The van der Waals surface area contributed by atoms with Gasteiger partial charge in [0.25, 0.3) is 5.91 Å². The molecule has 0 radical (unpaired) electrons. The Bertz CT molecular complexity index is 940. The first-order valence-electron chi connectivity index (χ1n) is 9.04. The minimum Gasteiger partial charge on any atom is -0.375 e. The topological polar surface area (TPSA) is 59.2 Å². The summed E-state index contributed by atoms with van der Waals surface area (Å²) in [5, 5.41) is 0.539. The zero-order valence-corrected chi connectivity index (χ0v) is 15.8. The van der Waals surface area contributed by atoms with Crippen LogP contribution in [0.15, 0.2) is 54.2 Å². The molecule has 2 atom stereocenters. The second-order valence-corrected chi connectivity index (χ2v) is 8.15. The summed E-state index contributed by atoms with van der Waals surface area (Å²) >= 11 is 1.43. The number of hydrogen-bond donors (Lipinski definition) is 1. The fourth-order valence-electron chi connectivity index (χ4n) is 4.35. The van der Waals surface area contributed by atoms with E-state index < -0.39 is 0 Å². The van der Waals surface area contributed by atoms with Crippen LogP contribution in [0.2, 0.25) is 0 Å². The summed E-state index contributed by atoms with van der Waals surface area (Å²) < 4.78 is 0.970. The zero-order valence-electron chi connectivity index (χ0n) is 14.9. The molecule has 5 heteroatoms. The number of fused-ring (bicyclic) bond motifs is 2. The Kier molecular flexibility index (Phi) is 4.41. The van der Waals surface area contributed by atoms with Gasteiger partial charge in [0.1, 0.15) is 0 Å². The molecule has 1 amide bonds. The molecule has 0 unspecified atom stereocenters. The van der Waals surface area contributed by atoms with Crippen molar-refractivity contribution in [1.29, 1.82) is 0 Å². The van der Waals surface area contributed by atoms with Gasteiger partial charge in [0.2, 0.25) is 0 Å². The maximum Gasteiger partial charge on any atom is 0.254 e. The van der Waals surface area contributed by atoms with Gasteiger partial charge in [-0.2, -0.15) is 0 Å². The summed E-state index contributed by atoms with van der Waals surface area (Å²) in [7, 11) is 0. The van der Waals surface area contributed by atoms with Gasteiger partial charge in [0.15, 0.2) is 5.13 Å². The molecule has 1 saturated heterocycles. The zero-order chi connectivity index (χ0) is 18.3. The summed E-state index contributed by atoms with van der Waals surface area (Å²) in [5.74, 6) is 0.557. The van der Waals surface area contributed by atoms with Gasteiger partial charge in [-0.1, -0.05) is 41.7 Å². The summed E-state index contributed by atoms with van der Waals surface area (Å²) in [4.78, 5) is 19.6. The van der Waals surface area contributed by atoms with Crippen molar-refractivity contribution in [2.45, 2.75) is 32.2 Å². The summed E-state index contributed by atoms with van der Waals surface area (Å²) in [6, 6.07) is 5.97. The minimum absolute atomic E-state index is 0.121. The highest BCUT2D eigenvalue weighted by Crippen LogP contribution is 2.42. The van der Waals surface area contributed by atoms with Gasteiger partial charge < -0.3 is 10.6 Å². The van der Waals surface area contributed by atoms with Crippen LogP contribution in [0.3, 0.4) is 0 Å². The molecule has 1 aliphatic heterocycles. The standard InChI is InChI=1S/C21H23N3OS/c1-3-4-6-15-13(2)11-18-16(15)7-5-10-24(18)20(25)14-8-9-17-19(12-14)26-21(22)23-17/h3-4,6,8-9,12,16,18H,1,5,7,10-11H2,2H3,(H2,22,23)/b6-4-/t16-,18+/m1/s1. The predicted molar refractivity (Wildman–Crippen MR) is 108 cm³/mol. The number of carbonyl (C=O) groups is 1. The van der Waals surface area contributed by atoms with Crippen molar-refractivity contribution in [3.8, 4) is 0 Å². The Balaban J connectivity index is 1.61. The lowest BCUT2D eigenvalue weighted by Crippen LogP contribution is -2.47. The first kappa shape index (κ1) is 17.0. The second kappa shape index (κ2) is 6.72. The SMILES string of the molecule is C=C/C=C\C1=C(C)C[C@H]2[C@@H]1CCCN2C(=O)c1ccc2nc(N)sc2c1. The quantitative estimate of drug-likeness (QED) is 0.811. The monoisotopic (exact) mass is 365 g/mol. The molecule has 1 fully saturated rings. The second-order valence-electron chi connectivity index (χ2n) is 7.08. The van der Waals surface area contributed by atoms with Crippen molar-refractivity contribution in [3.05, 3.63) is 59.7 Å². The fraction of sp³-hybridized carbons (Fsp3) is 0.333. The number of anilines is 1. The fourth-order valence-corrected chi connectivity index (χ4v) is 5.12. The van der Waals surface area contributed by atoms with Crippen molar-refractivity contribution in [2.24, 2.45) is 5.92 Å². The van der Waals surface area contributed by atoms with Crippen molar-refractivity contribution in [3.63, 3.8) is 0 Å².